The van der Waals surface area contributed by atoms with Crippen molar-refractivity contribution in [1.82, 2.24) is 5.32 Å². The van der Waals surface area contributed by atoms with Crippen LogP contribution in [0.2, 0.25) is 0 Å². The van der Waals surface area contributed by atoms with E-state index in [0.717, 1.165) is 0 Å². The van der Waals surface area contributed by atoms with E-state index < -0.39 is 11.9 Å². The zero-order chi connectivity index (χ0) is 15.9. The van der Waals surface area contributed by atoms with Crippen molar-refractivity contribution >= 4 is 11.9 Å². The third kappa shape index (κ3) is 4.12. The number of carbonyl (C=O) groups excluding carboxylic acids is 2. The minimum atomic E-state index is -0.584. The van der Waals surface area contributed by atoms with Crippen LogP contribution < -0.4 is 10.1 Å². The van der Waals surface area contributed by atoms with Crippen molar-refractivity contribution in [2.24, 2.45) is 0 Å². The first-order valence-electron chi connectivity index (χ1n) is 6.74. The third-order valence-electron chi connectivity index (χ3n) is 2.99. The molecule has 0 aliphatic carbocycles. The van der Waals surface area contributed by atoms with Gasteiger partial charge in [0.05, 0.1) is 25.0 Å². The van der Waals surface area contributed by atoms with E-state index in [1.165, 1.54) is 13.4 Å². The smallest absolute Gasteiger partial charge is 0.338 e. The summed E-state index contributed by atoms with van der Waals surface area (Å²) in [5.41, 5.74) is 0.325. The molecule has 22 heavy (non-hydrogen) atoms. The lowest BCUT2D eigenvalue weighted by Gasteiger charge is -2.11. The van der Waals surface area contributed by atoms with Crippen molar-refractivity contribution < 1.29 is 23.5 Å². The number of benzene rings is 1. The summed E-state index contributed by atoms with van der Waals surface area (Å²) in [5.74, 6) is 0.192. The molecule has 6 heteroatoms. The van der Waals surface area contributed by atoms with Gasteiger partial charge in [0.15, 0.2) is 6.61 Å². The molecule has 1 heterocycles. The molecule has 0 saturated carbocycles. The van der Waals surface area contributed by atoms with E-state index in [2.05, 4.69) is 5.32 Å². The number of esters is 1. The van der Waals surface area contributed by atoms with Gasteiger partial charge in [0.25, 0.3) is 5.91 Å². The van der Waals surface area contributed by atoms with Gasteiger partial charge in [-0.3, -0.25) is 4.79 Å². The van der Waals surface area contributed by atoms with Gasteiger partial charge in [-0.2, -0.15) is 0 Å². The Morgan fingerprint density at radius 3 is 2.77 bits per heavy atom. The van der Waals surface area contributed by atoms with Crippen LogP contribution in [0.3, 0.4) is 0 Å². The SMILES string of the molecule is COc1cccc(C(=O)OCC(=O)N[C@@H](C)c2ccco2)c1. The number of furan rings is 1. The Labute approximate surface area is 128 Å². The Hall–Kier alpha value is -2.76. The minimum Gasteiger partial charge on any atom is -0.497 e. The molecule has 2 aromatic rings. The number of hydrogen-bond acceptors (Lipinski definition) is 5. The number of rotatable bonds is 6. The monoisotopic (exact) mass is 303 g/mol. The molecule has 0 unspecified atom stereocenters. The van der Waals surface area contributed by atoms with Crippen LogP contribution in [0.1, 0.15) is 29.1 Å². The molecule has 0 fully saturated rings. The van der Waals surface area contributed by atoms with Crippen LogP contribution in [0, 0.1) is 0 Å². The summed E-state index contributed by atoms with van der Waals surface area (Å²) in [6.45, 7) is 1.42. The Balaban J connectivity index is 1.84. The van der Waals surface area contributed by atoms with Gasteiger partial charge in [-0.15, -0.1) is 0 Å². The Bertz CT molecular complexity index is 636. The lowest BCUT2D eigenvalue weighted by atomic mass is 10.2. The highest BCUT2D eigenvalue weighted by molar-refractivity contribution is 5.91. The number of amides is 1. The molecule has 6 nitrogen and oxygen atoms in total. The Morgan fingerprint density at radius 1 is 1.27 bits per heavy atom. The van der Waals surface area contributed by atoms with Crippen molar-refractivity contribution in [3.8, 4) is 5.75 Å². The molecule has 1 N–H and O–H groups in total. The summed E-state index contributed by atoms with van der Waals surface area (Å²) in [7, 11) is 1.51. The fourth-order valence-corrected chi connectivity index (χ4v) is 1.86. The van der Waals surface area contributed by atoms with Gasteiger partial charge in [-0.25, -0.2) is 4.79 Å². The molecule has 0 aliphatic rings. The highest BCUT2D eigenvalue weighted by Crippen LogP contribution is 2.14. The van der Waals surface area contributed by atoms with Crippen LogP contribution in [0.25, 0.3) is 0 Å². The van der Waals surface area contributed by atoms with Crippen LogP contribution in [-0.4, -0.2) is 25.6 Å². The number of hydrogen-bond donors (Lipinski definition) is 1. The van der Waals surface area contributed by atoms with Gasteiger partial charge in [-0.1, -0.05) is 6.07 Å². The van der Waals surface area contributed by atoms with Crippen LogP contribution >= 0.6 is 0 Å². The van der Waals surface area contributed by atoms with E-state index >= 15 is 0 Å². The predicted molar refractivity (Wildman–Crippen MR) is 78.5 cm³/mol. The normalized spacial score (nSPS) is 11.5. The fourth-order valence-electron chi connectivity index (χ4n) is 1.86. The molecular formula is C16H17NO5. The minimum absolute atomic E-state index is 0.293. The molecular weight excluding hydrogens is 286 g/mol. The molecule has 1 aromatic carbocycles. The zero-order valence-electron chi connectivity index (χ0n) is 12.4. The predicted octanol–water partition coefficient (Wildman–Crippen LogP) is 2.32. The van der Waals surface area contributed by atoms with Gasteiger partial charge >= 0.3 is 5.97 Å². The molecule has 0 spiro atoms. The van der Waals surface area contributed by atoms with E-state index in [1.807, 2.05) is 0 Å². The number of carbonyl (C=O) groups is 2. The summed E-state index contributed by atoms with van der Waals surface area (Å²) >= 11 is 0. The second-order valence-corrected chi connectivity index (χ2v) is 4.61. The number of nitrogens with one attached hydrogen (secondary N) is 1. The molecule has 1 amide bonds. The van der Waals surface area contributed by atoms with Crippen molar-refractivity contribution in [2.75, 3.05) is 13.7 Å². The molecule has 2 rings (SSSR count). The molecule has 0 saturated heterocycles. The van der Waals surface area contributed by atoms with Gasteiger partial charge in [0.2, 0.25) is 0 Å². The quantitative estimate of drug-likeness (QED) is 0.829. The highest BCUT2D eigenvalue weighted by Gasteiger charge is 2.14. The Kier molecular flexibility index (Phi) is 5.19. The molecule has 116 valence electrons. The molecule has 1 aromatic heterocycles. The maximum Gasteiger partial charge on any atom is 0.338 e. The van der Waals surface area contributed by atoms with Crippen LogP contribution in [0.5, 0.6) is 5.75 Å². The average Bonchev–Trinajstić information content (AvgIpc) is 3.07. The number of ether oxygens (including phenoxy) is 2. The highest BCUT2D eigenvalue weighted by atomic mass is 16.5. The summed E-state index contributed by atoms with van der Waals surface area (Å²) in [5, 5.41) is 2.68. The van der Waals surface area contributed by atoms with Gasteiger partial charge in [0.1, 0.15) is 11.5 Å². The first-order valence-corrected chi connectivity index (χ1v) is 6.74. The Morgan fingerprint density at radius 2 is 2.09 bits per heavy atom. The molecule has 1 atom stereocenters. The maximum atomic E-state index is 11.9. The average molecular weight is 303 g/mol. The van der Waals surface area contributed by atoms with E-state index in [-0.39, 0.29) is 12.6 Å². The molecule has 0 radical (unpaired) electrons. The largest absolute Gasteiger partial charge is 0.497 e. The van der Waals surface area contributed by atoms with Crippen molar-refractivity contribution in [2.45, 2.75) is 13.0 Å². The van der Waals surface area contributed by atoms with Crippen LogP contribution in [-0.2, 0) is 9.53 Å². The molecule has 0 aliphatic heterocycles. The summed E-state index contributed by atoms with van der Waals surface area (Å²) < 4.78 is 15.2. The maximum absolute atomic E-state index is 11.9. The first kappa shape index (κ1) is 15.6. The van der Waals surface area contributed by atoms with Crippen LogP contribution in [0.4, 0.5) is 0 Å². The summed E-state index contributed by atoms with van der Waals surface area (Å²) in [6.07, 6.45) is 1.53. The van der Waals surface area contributed by atoms with Gasteiger partial charge in [-0.05, 0) is 37.3 Å². The van der Waals surface area contributed by atoms with Crippen LogP contribution in [0.15, 0.2) is 47.1 Å². The fraction of sp³-hybridized carbons (Fsp3) is 0.250. The topological polar surface area (TPSA) is 77.8 Å². The van der Waals surface area contributed by atoms with E-state index in [4.69, 9.17) is 13.9 Å². The lowest BCUT2D eigenvalue weighted by molar-refractivity contribution is -0.125. The van der Waals surface area contributed by atoms with E-state index in [9.17, 15) is 9.59 Å². The summed E-state index contributed by atoms with van der Waals surface area (Å²) in [4.78, 5) is 23.6. The third-order valence-corrected chi connectivity index (χ3v) is 2.99. The second kappa shape index (κ2) is 7.31. The van der Waals surface area contributed by atoms with E-state index in [0.29, 0.717) is 17.1 Å². The zero-order valence-corrected chi connectivity index (χ0v) is 12.4. The second-order valence-electron chi connectivity index (χ2n) is 4.61. The first-order chi connectivity index (χ1) is 10.6. The van der Waals surface area contributed by atoms with Gasteiger partial charge in [0, 0.05) is 0 Å². The van der Waals surface area contributed by atoms with Crippen molar-refractivity contribution in [3.63, 3.8) is 0 Å². The summed E-state index contributed by atoms with van der Waals surface area (Å²) in [6, 6.07) is 9.73. The number of methoxy groups -OCH3 is 1. The van der Waals surface area contributed by atoms with Crippen molar-refractivity contribution in [1.29, 1.82) is 0 Å². The van der Waals surface area contributed by atoms with Crippen molar-refractivity contribution in [3.05, 3.63) is 54.0 Å². The standard InChI is InChI=1S/C16H17NO5/c1-11(14-7-4-8-21-14)17-15(18)10-22-16(19)12-5-3-6-13(9-12)20-2/h3-9,11H,10H2,1-2H3,(H,17,18)/t11-/m0/s1. The van der Waals surface area contributed by atoms with Gasteiger partial charge < -0.3 is 19.2 Å². The lowest BCUT2D eigenvalue weighted by Crippen LogP contribution is -2.30. The van der Waals surface area contributed by atoms with E-state index in [1.54, 1.807) is 43.3 Å². The molecule has 0 bridgehead atoms.